The van der Waals surface area contributed by atoms with Crippen LogP contribution in [0.15, 0.2) is 145 Å². The Labute approximate surface area is 492 Å². The summed E-state index contributed by atoms with van der Waals surface area (Å²) in [6.07, 6.45) is -8.69. The van der Waals surface area contributed by atoms with Crippen molar-refractivity contribution in [2.24, 2.45) is 0 Å². The predicted molar refractivity (Wildman–Crippen MR) is 313 cm³/mol. The maximum Gasteiger partial charge on any atom is 0.416 e. The lowest BCUT2D eigenvalue weighted by Gasteiger charge is -2.35. The van der Waals surface area contributed by atoms with E-state index in [0.29, 0.717) is 119 Å². The van der Waals surface area contributed by atoms with Crippen molar-refractivity contribution in [1.82, 2.24) is 50.0 Å². The summed E-state index contributed by atoms with van der Waals surface area (Å²) < 4.78 is 113. The molecule has 2 saturated heterocycles. The van der Waals surface area contributed by atoms with Gasteiger partial charge in [-0.15, -0.1) is 0 Å². The molecule has 0 bridgehead atoms. The number of amides is 3. The minimum atomic E-state index is -4.71. The highest BCUT2D eigenvalue weighted by Crippen LogP contribution is 2.34. The van der Waals surface area contributed by atoms with E-state index in [1.54, 1.807) is 24.3 Å². The minimum Gasteiger partial charge on any atom is -0.606 e. The van der Waals surface area contributed by atoms with E-state index in [2.05, 4.69) is 40.9 Å². The fourth-order valence-corrected chi connectivity index (χ4v) is 12.4. The second kappa shape index (κ2) is 28.1. The fourth-order valence-electron chi connectivity index (χ4n) is 9.97. The first-order valence-electron chi connectivity index (χ1n) is 27.2. The van der Waals surface area contributed by atoms with Gasteiger partial charge in [0.2, 0.25) is 0 Å². The first-order chi connectivity index (χ1) is 40.5. The number of rotatable bonds is 21. The van der Waals surface area contributed by atoms with Crippen LogP contribution in [-0.2, 0) is 34.7 Å². The molecule has 27 heteroatoms. The third-order valence-electron chi connectivity index (χ3n) is 14.7. The average molecular weight is 1220 g/mol. The van der Waals surface area contributed by atoms with Crippen LogP contribution in [0.4, 0.5) is 42.5 Å². The molecule has 0 radical (unpaired) electrons. The van der Waals surface area contributed by atoms with Crippen LogP contribution in [0.5, 0.6) is 0 Å². The van der Waals surface area contributed by atoms with Crippen molar-refractivity contribution in [3.05, 3.63) is 170 Å². The smallest absolute Gasteiger partial charge is 0.416 e. The van der Waals surface area contributed by atoms with E-state index in [0.717, 1.165) is 39.5 Å². The summed E-state index contributed by atoms with van der Waals surface area (Å²) in [6.45, 7) is 11.8. The molecule has 2 unspecified atom stereocenters. The van der Waals surface area contributed by atoms with E-state index in [4.69, 9.17) is 11.5 Å². The largest absolute Gasteiger partial charge is 0.606 e. The molecular weight excluding hydrogens is 1150 g/mol. The lowest BCUT2D eigenvalue weighted by atomic mass is 10.1. The van der Waals surface area contributed by atoms with Crippen molar-refractivity contribution in [2.45, 2.75) is 45.8 Å². The second-order valence-corrected chi connectivity index (χ2v) is 23.2. The molecule has 4 aromatic carbocycles. The third-order valence-corrected chi connectivity index (χ3v) is 17.8. The SMILES string of the molecule is Cc1c([S+]([O-])c2ccc(N)cc2)cc(C(=O)NCCN2CCN(CCNC(=O)NCCN3CCN(CCN/C(=C\O)c4cc([S+]([O-])c5ccc(N)cc5)c(C)n(-c5cccc(C(F)(F)F)c5)c4=O)CC3)CC2)c(=O)n1-c1cccc(C(F)(F)F)c1. The molecule has 6 aromatic rings. The summed E-state index contributed by atoms with van der Waals surface area (Å²) >= 11 is -3.84. The Morgan fingerprint density at radius 3 is 1.27 bits per heavy atom. The Kier molecular flexibility index (Phi) is 21.0. The van der Waals surface area contributed by atoms with E-state index in [1.807, 2.05) is 0 Å². The van der Waals surface area contributed by atoms with Gasteiger partial charge in [0.05, 0.1) is 33.8 Å². The summed E-state index contributed by atoms with van der Waals surface area (Å²) in [5.74, 6) is -0.772. The number of piperazine rings is 2. The van der Waals surface area contributed by atoms with Gasteiger partial charge in [-0.3, -0.25) is 43.1 Å². The predicted octanol–water partition coefficient (Wildman–Crippen LogP) is 5.55. The molecule has 2 aliphatic rings. The number of pyridine rings is 2. The molecule has 0 spiro atoms. The van der Waals surface area contributed by atoms with Crippen molar-refractivity contribution in [3.63, 3.8) is 0 Å². The molecule has 2 fully saturated rings. The number of nitrogen functional groups attached to an aromatic ring is 2. The number of halogens is 6. The Hall–Kier alpha value is -7.50. The van der Waals surface area contributed by atoms with Crippen LogP contribution in [-0.4, -0.2) is 160 Å². The zero-order chi connectivity index (χ0) is 61.2. The summed E-state index contributed by atoms with van der Waals surface area (Å²) in [5, 5.41) is 22.1. The molecule has 2 aromatic heterocycles. The maximum absolute atomic E-state index is 14.1. The monoisotopic (exact) mass is 1220 g/mol. The van der Waals surface area contributed by atoms with Crippen LogP contribution in [0.2, 0.25) is 0 Å². The average Bonchev–Trinajstić information content (AvgIpc) is 1.67. The van der Waals surface area contributed by atoms with Crippen LogP contribution < -0.4 is 43.9 Å². The number of alkyl halides is 6. The van der Waals surface area contributed by atoms with Gasteiger partial charge in [0, 0.05) is 162 Å². The molecule has 0 aliphatic carbocycles. The van der Waals surface area contributed by atoms with E-state index in [9.17, 15) is 59.7 Å². The Bertz CT molecular complexity index is 3460. The summed E-state index contributed by atoms with van der Waals surface area (Å²) in [7, 11) is 0. The molecule has 3 amide bonds. The van der Waals surface area contributed by atoms with Crippen molar-refractivity contribution >= 4 is 51.4 Å². The van der Waals surface area contributed by atoms with E-state index < -0.39 is 62.9 Å². The van der Waals surface area contributed by atoms with Crippen LogP contribution in [0, 0.1) is 13.8 Å². The molecule has 85 heavy (non-hydrogen) atoms. The number of nitrogens with two attached hydrogens (primary N) is 2. The van der Waals surface area contributed by atoms with Gasteiger partial charge in [-0.05, 0) is 98.8 Å². The van der Waals surface area contributed by atoms with Gasteiger partial charge in [-0.25, -0.2) is 4.79 Å². The Morgan fingerprint density at radius 2 is 0.894 bits per heavy atom. The number of carbonyl (C=O) groups is 2. The zero-order valence-corrected chi connectivity index (χ0v) is 48.2. The zero-order valence-electron chi connectivity index (χ0n) is 46.6. The quantitative estimate of drug-likeness (QED) is 0.0202. The summed E-state index contributed by atoms with van der Waals surface area (Å²) in [4.78, 5) is 64.0. The van der Waals surface area contributed by atoms with Crippen molar-refractivity contribution in [2.75, 3.05) is 116 Å². The van der Waals surface area contributed by atoms with Gasteiger partial charge < -0.3 is 46.9 Å². The summed E-state index contributed by atoms with van der Waals surface area (Å²) in [5.41, 5.74) is 8.43. The number of benzene rings is 4. The van der Waals surface area contributed by atoms with Crippen molar-refractivity contribution < 1.29 is 50.1 Å². The molecule has 2 aliphatic heterocycles. The highest BCUT2D eigenvalue weighted by Gasteiger charge is 2.34. The third kappa shape index (κ3) is 16.1. The minimum absolute atomic E-state index is 0.00536. The first kappa shape index (κ1) is 63.5. The van der Waals surface area contributed by atoms with Gasteiger partial charge in [0.15, 0.2) is 19.6 Å². The first-order valence-corrected chi connectivity index (χ1v) is 29.5. The van der Waals surface area contributed by atoms with Gasteiger partial charge in [0.25, 0.3) is 17.0 Å². The number of nitrogens with zero attached hydrogens (tertiary/aromatic N) is 6. The number of aromatic nitrogens is 2. The number of hydrogen-bond donors (Lipinski definition) is 7. The standard InChI is InChI=1S/C58H66F6N12O7S2/c1-38-51(84(82)46-13-9-42(65)10-14-46)35-48(54(79)75(38)44-7-3-5-40(33-44)57(59,60)61)50(37-77)67-17-21-71-25-29-73(30-26-71)23-19-69-56(81)70-20-24-74-31-27-72(28-32-74)22-18-68-53(78)49-36-52(85(83)47-15-11-43(66)12-16-47)39(2)76(55(49)80)45-8-4-6-41(34-45)58(62,63)64/h3-16,33-37,67,77H,17-32,65-66H2,1-2H3,(H,68,78)(H2,69,70,81)/b50-37-. The Balaban J connectivity index is 0.748. The van der Waals surface area contributed by atoms with Gasteiger partial charge in [-0.1, -0.05) is 12.1 Å². The molecule has 454 valence electrons. The van der Waals surface area contributed by atoms with Gasteiger partial charge in [0.1, 0.15) is 11.8 Å². The van der Waals surface area contributed by atoms with E-state index in [1.165, 1.54) is 68.4 Å². The van der Waals surface area contributed by atoms with E-state index in [-0.39, 0.29) is 68.5 Å². The number of nitrogens with one attached hydrogen (secondary N) is 4. The number of anilines is 2. The highest BCUT2D eigenvalue weighted by molar-refractivity contribution is 7.91. The highest BCUT2D eigenvalue weighted by atomic mass is 32.2. The van der Waals surface area contributed by atoms with E-state index >= 15 is 0 Å². The molecule has 0 saturated carbocycles. The lowest BCUT2D eigenvalue weighted by Crippen LogP contribution is -2.51. The van der Waals surface area contributed by atoms with Gasteiger partial charge in [-0.2, -0.15) is 26.3 Å². The second-order valence-electron chi connectivity index (χ2n) is 20.3. The normalized spacial score (nSPS) is 15.8. The number of urea groups is 1. The fraction of sp³-hybridized carbons (Fsp3) is 0.345. The molecule has 8 rings (SSSR count). The number of aliphatic hydroxyl groups is 1. The topological polar surface area (TPSA) is 258 Å². The van der Waals surface area contributed by atoms with Crippen LogP contribution in [0.25, 0.3) is 17.1 Å². The number of carbonyl (C=O) groups excluding carboxylic acids is 2. The molecular formula is C58H66F6N12O7S2. The van der Waals surface area contributed by atoms with Crippen molar-refractivity contribution in [3.8, 4) is 11.4 Å². The number of hydrogen-bond acceptors (Lipinski definition) is 14. The maximum atomic E-state index is 14.1. The molecule has 19 nitrogen and oxygen atoms in total. The van der Waals surface area contributed by atoms with Crippen LogP contribution in [0.3, 0.4) is 0 Å². The molecule has 4 heterocycles. The van der Waals surface area contributed by atoms with Crippen LogP contribution in [0.1, 0.15) is 38.4 Å². The summed E-state index contributed by atoms with van der Waals surface area (Å²) in [6, 6.07) is 23.1. The van der Waals surface area contributed by atoms with Crippen LogP contribution >= 0.6 is 0 Å². The molecule has 2 atom stereocenters. The Morgan fingerprint density at radius 1 is 0.541 bits per heavy atom. The van der Waals surface area contributed by atoms with Crippen molar-refractivity contribution in [1.29, 1.82) is 0 Å². The van der Waals surface area contributed by atoms with Gasteiger partial charge >= 0.3 is 18.4 Å². The molecule has 9 N–H and O–H groups in total. The number of aliphatic hydroxyl groups excluding tert-OH is 1. The lowest BCUT2D eigenvalue weighted by molar-refractivity contribution is -0.138.